The van der Waals surface area contributed by atoms with Gasteiger partial charge in [0.15, 0.2) is 0 Å². The number of hydrogen-bond acceptors (Lipinski definition) is 9. The first-order valence-electron chi connectivity index (χ1n) is 16.9. The smallest absolute Gasteiger partial charge is 0.421 e. The van der Waals surface area contributed by atoms with Crippen LogP contribution in [0.4, 0.5) is 36.3 Å². The van der Waals surface area contributed by atoms with Gasteiger partial charge in [-0.1, -0.05) is 0 Å². The summed E-state index contributed by atoms with van der Waals surface area (Å²) < 4.78 is 55.3. The van der Waals surface area contributed by atoms with Crippen LogP contribution in [-0.4, -0.2) is 93.7 Å². The van der Waals surface area contributed by atoms with Gasteiger partial charge in [-0.15, -0.1) is 0 Å². The molecule has 2 saturated heterocycles. The van der Waals surface area contributed by atoms with Crippen molar-refractivity contribution in [2.45, 2.75) is 82.5 Å². The first kappa shape index (κ1) is 33.1. The number of alkyl halides is 3. The molecule has 3 aliphatic heterocycles. The molecule has 3 fully saturated rings. The number of ether oxygens (including phenoxy) is 2. The molecule has 1 aliphatic carbocycles. The van der Waals surface area contributed by atoms with Gasteiger partial charge >= 0.3 is 6.18 Å². The molecule has 3 aromatic rings. The summed E-state index contributed by atoms with van der Waals surface area (Å²) in [6.45, 7) is 5.39. The van der Waals surface area contributed by atoms with E-state index in [0.29, 0.717) is 61.1 Å². The van der Waals surface area contributed by atoms with Crippen molar-refractivity contribution in [3.05, 3.63) is 53.5 Å². The molecule has 2 atom stereocenters. The second kappa shape index (κ2) is 13.5. The second-order valence-electron chi connectivity index (χ2n) is 13.2. The summed E-state index contributed by atoms with van der Waals surface area (Å²) >= 11 is 0. The van der Waals surface area contributed by atoms with Gasteiger partial charge in [-0.2, -0.15) is 18.2 Å². The van der Waals surface area contributed by atoms with Crippen LogP contribution in [0.3, 0.4) is 0 Å². The SMILES string of the molecule is CCN1CCn2ccc(Nc3nc(Nc4ccc(C(=O)NC5CCC(N6CC7CCC(C6)O7)CC5)cc4OC)ncc3C(F)(F)F)c2C1=O. The van der Waals surface area contributed by atoms with Crippen LogP contribution in [0.1, 0.15) is 71.9 Å². The van der Waals surface area contributed by atoms with Crippen LogP contribution in [0.2, 0.25) is 0 Å². The fourth-order valence-corrected chi connectivity index (χ4v) is 7.51. The Morgan fingerprint density at radius 2 is 1.78 bits per heavy atom. The number of amides is 2. The summed E-state index contributed by atoms with van der Waals surface area (Å²) in [7, 11) is 1.44. The number of likely N-dealkylation sites (tertiary alicyclic amines) is 1. The van der Waals surface area contributed by atoms with Gasteiger partial charge < -0.3 is 34.9 Å². The third kappa shape index (κ3) is 6.91. The number of carbonyl (C=O) groups is 2. The molecule has 7 rings (SSSR count). The Bertz CT molecular complexity index is 1690. The minimum absolute atomic E-state index is 0.0727. The molecule has 1 aromatic carbocycles. The van der Waals surface area contributed by atoms with Gasteiger partial charge in [0.2, 0.25) is 5.95 Å². The van der Waals surface area contributed by atoms with E-state index in [1.54, 1.807) is 39.9 Å². The molecule has 0 spiro atoms. The molecule has 2 unspecified atom stereocenters. The zero-order chi connectivity index (χ0) is 34.3. The van der Waals surface area contributed by atoms with Crippen LogP contribution < -0.4 is 20.7 Å². The molecule has 262 valence electrons. The van der Waals surface area contributed by atoms with E-state index in [2.05, 4.69) is 30.8 Å². The lowest BCUT2D eigenvalue weighted by atomic mass is 9.89. The van der Waals surface area contributed by atoms with Crippen LogP contribution in [0, 0.1) is 0 Å². The third-order valence-electron chi connectivity index (χ3n) is 10.1. The van der Waals surface area contributed by atoms with Gasteiger partial charge in [0, 0.05) is 62.8 Å². The molecule has 2 bridgehead atoms. The average Bonchev–Trinajstić information content (AvgIpc) is 3.66. The van der Waals surface area contributed by atoms with E-state index in [9.17, 15) is 22.8 Å². The van der Waals surface area contributed by atoms with E-state index in [1.165, 1.54) is 7.11 Å². The van der Waals surface area contributed by atoms with Crippen LogP contribution in [0.5, 0.6) is 5.75 Å². The predicted molar refractivity (Wildman–Crippen MR) is 176 cm³/mol. The maximum Gasteiger partial charge on any atom is 0.421 e. The summed E-state index contributed by atoms with van der Waals surface area (Å²) in [6, 6.07) is 6.97. The van der Waals surface area contributed by atoms with E-state index in [-0.39, 0.29) is 35.2 Å². The first-order chi connectivity index (χ1) is 23.6. The molecule has 2 amide bonds. The molecule has 15 heteroatoms. The van der Waals surface area contributed by atoms with Crippen molar-refractivity contribution in [1.29, 1.82) is 0 Å². The predicted octanol–water partition coefficient (Wildman–Crippen LogP) is 5.17. The van der Waals surface area contributed by atoms with E-state index in [0.717, 1.165) is 51.6 Å². The summed E-state index contributed by atoms with van der Waals surface area (Å²) in [5.74, 6) is -0.842. The standard InChI is InChI=1S/C34H41F3N8O4/c1-3-43-14-15-44-13-12-27(29(44)32(43)47)40-30-25(34(35,36)37)17-38-33(42-30)41-26-11-4-20(16-28(26)48-2)31(46)39-21-5-7-22(8-6-21)45-18-23-9-10-24(19-45)49-23/h4,11-13,16-17,21-24H,3,5-10,14-15,18-19H2,1-2H3,(H,39,46)(H2,38,40,41,42). The number of nitrogens with one attached hydrogen (secondary N) is 3. The van der Waals surface area contributed by atoms with E-state index in [4.69, 9.17) is 9.47 Å². The molecule has 49 heavy (non-hydrogen) atoms. The van der Waals surface area contributed by atoms with Crippen molar-refractivity contribution in [2.75, 3.05) is 43.9 Å². The molecule has 3 N–H and O–H groups in total. The Morgan fingerprint density at radius 3 is 2.47 bits per heavy atom. The topological polar surface area (TPSA) is 126 Å². The number of likely N-dealkylation sites (N-methyl/N-ethyl adjacent to an activating group) is 1. The monoisotopic (exact) mass is 682 g/mol. The number of rotatable bonds is 9. The zero-order valence-corrected chi connectivity index (χ0v) is 27.6. The van der Waals surface area contributed by atoms with Crippen molar-refractivity contribution in [1.82, 2.24) is 29.7 Å². The summed E-state index contributed by atoms with van der Waals surface area (Å²) in [6.07, 6.45) is 4.48. The first-order valence-corrected chi connectivity index (χ1v) is 16.9. The van der Waals surface area contributed by atoms with Crippen LogP contribution in [0.15, 0.2) is 36.7 Å². The highest BCUT2D eigenvalue weighted by Crippen LogP contribution is 2.38. The maximum absolute atomic E-state index is 14.0. The molecule has 1 saturated carbocycles. The van der Waals surface area contributed by atoms with Gasteiger partial charge in [0.25, 0.3) is 11.8 Å². The van der Waals surface area contributed by atoms with Crippen LogP contribution >= 0.6 is 0 Å². The number of anilines is 4. The Labute approximate surface area is 282 Å². The highest BCUT2D eigenvalue weighted by Gasteiger charge is 2.38. The fourth-order valence-electron chi connectivity index (χ4n) is 7.51. The largest absolute Gasteiger partial charge is 0.495 e. The lowest BCUT2D eigenvalue weighted by molar-refractivity contribution is -0.137. The minimum Gasteiger partial charge on any atom is -0.495 e. The van der Waals surface area contributed by atoms with Crippen molar-refractivity contribution >= 4 is 35.0 Å². The number of fused-ring (bicyclic) bond motifs is 3. The fraction of sp³-hybridized carbons (Fsp3) is 0.529. The Kier molecular flexibility index (Phi) is 9.13. The van der Waals surface area contributed by atoms with Gasteiger partial charge in [-0.3, -0.25) is 14.5 Å². The average molecular weight is 683 g/mol. The van der Waals surface area contributed by atoms with Gasteiger partial charge in [-0.25, -0.2) is 4.98 Å². The number of morpholine rings is 1. The highest BCUT2D eigenvalue weighted by atomic mass is 19.4. The van der Waals surface area contributed by atoms with E-state index >= 15 is 0 Å². The highest BCUT2D eigenvalue weighted by molar-refractivity contribution is 5.99. The number of nitrogens with zero attached hydrogens (tertiary/aromatic N) is 5. The number of benzene rings is 1. The lowest BCUT2D eigenvalue weighted by Gasteiger charge is -2.41. The van der Waals surface area contributed by atoms with Crippen molar-refractivity contribution in [2.24, 2.45) is 0 Å². The second-order valence-corrected chi connectivity index (χ2v) is 13.2. The zero-order valence-electron chi connectivity index (χ0n) is 27.6. The Morgan fingerprint density at radius 1 is 1.02 bits per heavy atom. The number of carbonyl (C=O) groups excluding carboxylic acids is 2. The maximum atomic E-state index is 14.0. The Balaban J connectivity index is 1.02. The quantitative estimate of drug-likeness (QED) is 0.280. The van der Waals surface area contributed by atoms with Crippen molar-refractivity contribution < 1.29 is 32.2 Å². The summed E-state index contributed by atoms with van der Waals surface area (Å²) in [5.41, 5.74) is 0.155. The van der Waals surface area contributed by atoms with Gasteiger partial charge in [0.1, 0.15) is 22.8 Å². The van der Waals surface area contributed by atoms with Crippen LogP contribution in [-0.2, 0) is 17.5 Å². The molecule has 5 heterocycles. The van der Waals surface area contributed by atoms with E-state index < -0.39 is 17.6 Å². The van der Waals surface area contributed by atoms with Crippen molar-refractivity contribution in [3.63, 3.8) is 0 Å². The molecular formula is C34H41F3N8O4. The van der Waals surface area contributed by atoms with Gasteiger partial charge in [0.05, 0.1) is 30.7 Å². The van der Waals surface area contributed by atoms with Crippen LogP contribution in [0.25, 0.3) is 0 Å². The minimum atomic E-state index is -4.76. The molecule has 0 radical (unpaired) electrons. The van der Waals surface area contributed by atoms with E-state index in [1.807, 2.05) is 6.92 Å². The van der Waals surface area contributed by atoms with Gasteiger partial charge in [-0.05, 0) is 69.7 Å². The number of hydrogen-bond donors (Lipinski definition) is 3. The lowest BCUT2D eigenvalue weighted by Crippen LogP contribution is -2.50. The molecule has 2 aromatic heterocycles. The Hall–Kier alpha value is -4.37. The third-order valence-corrected chi connectivity index (χ3v) is 10.1. The number of halogens is 3. The number of methoxy groups -OCH3 is 1. The molecule has 4 aliphatic rings. The summed E-state index contributed by atoms with van der Waals surface area (Å²) in [5, 5.41) is 8.82. The summed E-state index contributed by atoms with van der Waals surface area (Å²) in [4.78, 5) is 38.5. The number of aromatic nitrogens is 3. The van der Waals surface area contributed by atoms with Crippen molar-refractivity contribution in [3.8, 4) is 5.75 Å². The molecule has 12 nitrogen and oxygen atoms in total. The normalized spacial score (nSPS) is 24.0. The molecular weight excluding hydrogens is 641 g/mol.